The summed E-state index contributed by atoms with van der Waals surface area (Å²) in [5, 5.41) is 24.4. The van der Waals surface area contributed by atoms with Crippen molar-refractivity contribution in [1.82, 2.24) is 19.9 Å². The van der Waals surface area contributed by atoms with Gasteiger partial charge < -0.3 is 11.2 Å². The van der Waals surface area contributed by atoms with Gasteiger partial charge in [-0.05, 0) is 19.8 Å². The summed E-state index contributed by atoms with van der Waals surface area (Å²) >= 11 is 2.50. The van der Waals surface area contributed by atoms with Crippen molar-refractivity contribution in [2.45, 2.75) is 55.4 Å². The number of nitrogens with two attached hydrogens (primary N) is 1. The number of hydrogen-bond acceptors (Lipinski definition) is 9. The summed E-state index contributed by atoms with van der Waals surface area (Å²) in [5.74, 6) is 7.08. The number of thiazole rings is 1. The second-order valence-electron chi connectivity index (χ2n) is 7.64. The predicted molar refractivity (Wildman–Crippen MR) is 124 cm³/mol. The van der Waals surface area contributed by atoms with Crippen molar-refractivity contribution < 1.29 is 9.72 Å². The number of nitro benzene ring substituents is 1. The highest BCUT2D eigenvalue weighted by Crippen LogP contribution is 2.33. The maximum absolute atomic E-state index is 12.7. The van der Waals surface area contributed by atoms with Gasteiger partial charge in [0.25, 0.3) is 5.69 Å². The van der Waals surface area contributed by atoms with E-state index in [-0.39, 0.29) is 11.6 Å². The fourth-order valence-electron chi connectivity index (χ4n) is 3.67. The summed E-state index contributed by atoms with van der Waals surface area (Å²) < 4.78 is 1.51. The van der Waals surface area contributed by atoms with Crippen molar-refractivity contribution in [1.29, 1.82) is 0 Å². The highest BCUT2D eigenvalue weighted by Gasteiger charge is 2.25. The number of nitrogen functional groups attached to an aromatic ring is 1. The Hall–Kier alpha value is -2.99. The highest BCUT2D eigenvalue weighted by molar-refractivity contribution is 8.00. The number of thioether (sulfide) groups is 1. The first-order valence-electron chi connectivity index (χ1n) is 10.3. The van der Waals surface area contributed by atoms with Crippen LogP contribution in [0.3, 0.4) is 0 Å². The molecule has 1 unspecified atom stereocenters. The lowest BCUT2D eigenvalue weighted by atomic mass is 9.89. The van der Waals surface area contributed by atoms with Crippen molar-refractivity contribution in [2.24, 2.45) is 0 Å². The molecule has 1 fully saturated rings. The third kappa shape index (κ3) is 4.91. The zero-order chi connectivity index (χ0) is 22.7. The minimum absolute atomic E-state index is 0.00963. The van der Waals surface area contributed by atoms with Crippen LogP contribution in [-0.4, -0.2) is 35.9 Å². The molecule has 1 aromatic carbocycles. The number of nitro groups is 1. The van der Waals surface area contributed by atoms with Gasteiger partial charge in [-0.2, -0.15) is 0 Å². The lowest BCUT2D eigenvalue weighted by Gasteiger charge is -2.20. The summed E-state index contributed by atoms with van der Waals surface area (Å²) in [7, 11) is 0. The van der Waals surface area contributed by atoms with Gasteiger partial charge in [-0.1, -0.05) is 43.2 Å². The van der Waals surface area contributed by atoms with Crippen LogP contribution in [0.15, 0.2) is 34.8 Å². The minimum Gasteiger partial charge on any atom is -0.336 e. The Labute approximate surface area is 192 Å². The fraction of sp³-hybridized carbons (Fsp3) is 0.400. The van der Waals surface area contributed by atoms with Gasteiger partial charge in [-0.3, -0.25) is 14.9 Å². The van der Waals surface area contributed by atoms with E-state index in [0.717, 1.165) is 18.7 Å². The Bertz CT molecular complexity index is 1120. The zero-order valence-electron chi connectivity index (χ0n) is 17.4. The number of benzene rings is 1. The Balaban J connectivity index is 1.39. The second-order valence-corrected chi connectivity index (χ2v) is 9.81. The molecule has 1 atom stereocenters. The van der Waals surface area contributed by atoms with Gasteiger partial charge in [0, 0.05) is 29.0 Å². The van der Waals surface area contributed by atoms with E-state index in [2.05, 4.69) is 20.5 Å². The van der Waals surface area contributed by atoms with Crippen LogP contribution >= 0.6 is 23.1 Å². The molecule has 3 aromatic rings. The van der Waals surface area contributed by atoms with Crippen LogP contribution in [0.1, 0.15) is 50.8 Å². The molecule has 0 radical (unpaired) electrons. The first-order valence-corrected chi connectivity index (χ1v) is 12.1. The van der Waals surface area contributed by atoms with Gasteiger partial charge in [0.1, 0.15) is 0 Å². The van der Waals surface area contributed by atoms with Gasteiger partial charge in [0.15, 0.2) is 11.0 Å². The van der Waals surface area contributed by atoms with Crippen LogP contribution in [0, 0.1) is 10.1 Å². The number of carbonyl (C=O) groups is 1. The molecule has 0 saturated heterocycles. The zero-order valence-corrected chi connectivity index (χ0v) is 19.1. The molecular formula is C20H23N7O3S2. The van der Waals surface area contributed by atoms with Crippen LogP contribution in [-0.2, 0) is 4.79 Å². The molecule has 0 spiro atoms. The molecule has 10 nitrogen and oxygen atoms in total. The van der Waals surface area contributed by atoms with Crippen molar-refractivity contribution in [3.63, 3.8) is 0 Å². The minimum atomic E-state index is -0.467. The highest BCUT2D eigenvalue weighted by atomic mass is 32.2. The van der Waals surface area contributed by atoms with Crippen molar-refractivity contribution >= 4 is 39.8 Å². The third-order valence-electron chi connectivity index (χ3n) is 5.40. The van der Waals surface area contributed by atoms with Crippen molar-refractivity contribution in [3.8, 4) is 11.3 Å². The van der Waals surface area contributed by atoms with E-state index < -0.39 is 10.2 Å². The Kier molecular flexibility index (Phi) is 6.70. The van der Waals surface area contributed by atoms with Gasteiger partial charge in [0.2, 0.25) is 11.1 Å². The summed E-state index contributed by atoms with van der Waals surface area (Å²) in [6.45, 7) is 1.77. The fourth-order valence-corrected chi connectivity index (χ4v) is 5.17. The van der Waals surface area contributed by atoms with E-state index in [1.165, 1.54) is 59.2 Å². The number of nitrogens with one attached hydrogen (secondary N) is 1. The SMILES string of the molecule is CC(Sc1nnc(C2CCCCC2)n1N)C(=O)Nc1nc(-c2cccc([N+](=O)[O-])c2)cs1. The molecule has 1 aliphatic rings. The van der Waals surface area contributed by atoms with Crippen LogP contribution in [0.25, 0.3) is 11.3 Å². The molecule has 1 saturated carbocycles. The van der Waals surface area contributed by atoms with Crippen LogP contribution < -0.4 is 11.2 Å². The average molecular weight is 474 g/mol. The predicted octanol–water partition coefficient (Wildman–Crippen LogP) is 4.19. The van der Waals surface area contributed by atoms with Gasteiger partial charge in [-0.15, -0.1) is 21.5 Å². The lowest BCUT2D eigenvalue weighted by molar-refractivity contribution is -0.384. The lowest BCUT2D eigenvalue weighted by Crippen LogP contribution is -2.24. The Morgan fingerprint density at radius 1 is 1.34 bits per heavy atom. The van der Waals surface area contributed by atoms with E-state index in [1.54, 1.807) is 24.4 Å². The van der Waals surface area contributed by atoms with Gasteiger partial charge in [0.05, 0.1) is 15.9 Å². The molecule has 1 amide bonds. The number of aromatic nitrogens is 4. The average Bonchev–Trinajstić information content (AvgIpc) is 3.41. The number of nitrogens with zero attached hydrogens (tertiary/aromatic N) is 5. The number of amides is 1. The standard InChI is InChI=1S/C20H23N7O3S2/c1-12(32-20-25-24-17(26(20)21)13-6-3-2-4-7-13)18(28)23-19-22-16(11-31-19)14-8-5-9-15(10-14)27(29)30/h5,8-13H,2-4,6-7,21H2,1H3,(H,22,23,28). The maximum Gasteiger partial charge on any atom is 0.270 e. The quantitative estimate of drug-likeness (QED) is 0.225. The Morgan fingerprint density at radius 3 is 2.88 bits per heavy atom. The van der Waals surface area contributed by atoms with E-state index in [4.69, 9.17) is 5.84 Å². The number of rotatable bonds is 7. The molecule has 1 aliphatic carbocycles. The normalized spacial score (nSPS) is 15.4. The molecule has 3 N–H and O–H groups in total. The number of hydrogen-bond donors (Lipinski definition) is 2. The summed E-state index contributed by atoms with van der Waals surface area (Å²) in [6.07, 6.45) is 5.71. The van der Waals surface area contributed by atoms with Crippen molar-refractivity contribution in [3.05, 3.63) is 45.6 Å². The molecule has 32 heavy (non-hydrogen) atoms. The smallest absolute Gasteiger partial charge is 0.270 e. The molecule has 4 rings (SSSR count). The van der Waals surface area contributed by atoms with Gasteiger partial charge >= 0.3 is 0 Å². The van der Waals surface area contributed by atoms with E-state index in [0.29, 0.717) is 27.5 Å². The number of non-ortho nitro benzene ring substituents is 1. The van der Waals surface area contributed by atoms with Crippen LogP contribution in [0.2, 0.25) is 0 Å². The molecule has 168 valence electrons. The number of carbonyl (C=O) groups excluding carboxylic acids is 1. The van der Waals surface area contributed by atoms with Crippen molar-refractivity contribution in [2.75, 3.05) is 11.2 Å². The molecule has 2 aromatic heterocycles. The van der Waals surface area contributed by atoms with Gasteiger partial charge in [-0.25, -0.2) is 9.66 Å². The summed E-state index contributed by atoms with van der Waals surface area (Å²) in [4.78, 5) is 27.6. The molecule has 2 heterocycles. The monoisotopic (exact) mass is 473 g/mol. The van der Waals surface area contributed by atoms with E-state index in [9.17, 15) is 14.9 Å². The second kappa shape index (κ2) is 9.65. The first kappa shape index (κ1) is 22.2. The first-order chi connectivity index (χ1) is 15.4. The largest absolute Gasteiger partial charge is 0.336 e. The van der Waals surface area contributed by atoms with E-state index >= 15 is 0 Å². The third-order valence-corrected chi connectivity index (χ3v) is 7.21. The maximum atomic E-state index is 12.7. The van der Waals surface area contributed by atoms with Crippen LogP contribution in [0.5, 0.6) is 0 Å². The summed E-state index contributed by atoms with van der Waals surface area (Å²) in [6, 6.07) is 6.23. The number of anilines is 1. The van der Waals surface area contributed by atoms with E-state index in [1.807, 2.05) is 0 Å². The molecular weight excluding hydrogens is 450 g/mol. The molecule has 0 aliphatic heterocycles. The van der Waals surface area contributed by atoms with Crippen LogP contribution in [0.4, 0.5) is 10.8 Å². The molecule has 0 bridgehead atoms. The molecule has 12 heteroatoms. The summed E-state index contributed by atoms with van der Waals surface area (Å²) in [5.41, 5.74) is 1.17. The topological polar surface area (TPSA) is 142 Å². The Morgan fingerprint density at radius 2 is 2.12 bits per heavy atom.